The Morgan fingerprint density at radius 2 is 1.50 bits per heavy atom. The second-order valence-electron chi connectivity index (χ2n) is 4.59. The maximum Gasteiger partial charge on any atom is 0.123 e. The summed E-state index contributed by atoms with van der Waals surface area (Å²) in [6.45, 7) is 2.11. The van der Waals surface area contributed by atoms with Crippen LogP contribution in [0.15, 0.2) is 54.6 Å². The highest BCUT2D eigenvalue weighted by molar-refractivity contribution is 5.37. The Balaban J connectivity index is 2.47. The largest absolute Gasteiger partial charge is 0.318 e. The van der Waals surface area contributed by atoms with Gasteiger partial charge in [-0.1, -0.05) is 55.8 Å². The number of benzene rings is 2. The maximum atomic E-state index is 13.0. The Bertz CT molecular complexity index is 492. The van der Waals surface area contributed by atoms with Gasteiger partial charge in [0.1, 0.15) is 5.82 Å². The average molecular weight is 243 g/mol. The van der Waals surface area contributed by atoms with E-state index < -0.39 is 5.54 Å². The highest BCUT2D eigenvalue weighted by Crippen LogP contribution is 2.31. The summed E-state index contributed by atoms with van der Waals surface area (Å²) in [6.07, 6.45) is 1.81. The van der Waals surface area contributed by atoms with E-state index in [1.165, 1.54) is 12.1 Å². The Labute approximate surface area is 107 Å². The number of halogens is 1. The monoisotopic (exact) mass is 243 g/mol. The van der Waals surface area contributed by atoms with E-state index in [-0.39, 0.29) is 5.82 Å². The van der Waals surface area contributed by atoms with Crippen LogP contribution in [-0.2, 0) is 5.54 Å². The molecular weight excluding hydrogens is 225 g/mol. The second kappa shape index (κ2) is 5.32. The number of rotatable bonds is 4. The van der Waals surface area contributed by atoms with Gasteiger partial charge in [0.05, 0.1) is 5.54 Å². The van der Waals surface area contributed by atoms with Crippen molar-refractivity contribution in [1.82, 2.24) is 0 Å². The molecule has 0 aliphatic heterocycles. The summed E-state index contributed by atoms with van der Waals surface area (Å²) in [7, 11) is 0. The van der Waals surface area contributed by atoms with Gasteiger partial charge in [0.2, 0.25) is 0 Å². The Morgan fingerprint density at radius 1 is 0.944 bits per heavy atom. The van der Waals surface area contributed by atoms with Crippen LogP contribution in [0.3, 0.4) is 0 Å². The van der Waals surface area contributed by atoms with Crippen LogP contribution in [0.1, 0.15) is 30.9 Å². The third kappa shape index (κ3) is 2.44. The molecule has 0 heterocycles. The molecule has 0 aromatic heterocycles. The molecule has 94 valence electrons. The molecule has 2 heteroatoms. The molecular formula is C16H18FN. The molecule has 2 aromatic carbocycles. The van der Waals surface area contributed by atoms with Gasteiger partial charge in [0.25, 0.3) is 0 Å². The van der Waals surface area contributed by atoms with Gasteiger partial charge in [0.15, 0.2) is 0 Å². The number of nitrogens with two attached hydrogens (primary N) is 1. The van der Waals surface area contributed by atoms with Crippen LogP contribution in [0.2, 0.25) is 0 Å². The molecule has 1 unspecified atom stereocenters. The molecule has 2 rings (SSSR count). The van der Waals surface area contributed by atoms with Gasteiger partial charge in [-0.15, -0.1) is 0 Å². The Kier molecular flexibility index (Phi) is 3.78. The van der Waals surface area contributed by atoms with E-state index in [4.69, 9.17) is 5.73 Å². The molecule has 0 amide bonds. The summed E-state index contributed by atoms with van der Waals surface area (Å²) in [4.78, 5) is 0. The molecule has 0 spiro atoms. The molecule has 0 aliphatic carbocycles. The van der Waals surface area contributed by atoms with Gasteiger partial charge in [-0.3, -0.25) is 0 Å². The minimum absolute atomic E-state index is 0.231. The average Bonchev–Trinajstić information content (AvgIpc) is 2.40. The topological polar surface area (TPSA) is 26.0 Å². The minimum Gasteiger partial charge on any atom is -0.318 e. The van der Waals surface area contributed by atoms with Gasteiger partial charge in [0, 0.05) is 0 Å². The molecule has 1 nitrogen and oxygen atoms in total. The van der Waals surface area contributed by atoms with E-state index >= 15 is 0 Å². The molecule has 2 N–H and O–H groups in total. The van der Waals surface area contributed by atoms with Crippen LogP contribution in [0.5, 0.6) is 0 Å². The fourth-order valence-corrected chi connectivity index (χ4v) is 2.33. The number of hydrogen-bond acceptors (Lipinski definition) is 1. The normalized spacial score (nSPS) is 14.2. The fourth-order valence-electron chi connectivity index (χ4n) is 2.33. The lowest BCUT2D eigenvalue weighted by atomic mass is 9.80. The first-order valence-electron chi connectivity index (χ1n) is 6.27. The summed E-state index contributed by atoms with van der Waals surface area (Å²) in [5, 5.41) is 0. The first kappa shape index (κ1) is 12.8. The third-order valence-corrected chi connectivity index (χ3v) is 3.29. The van der Waals surface area contributed by atoms with Crippen LogP contribution in [-0.4, -0.2) is 0 Å². The summed E-state index contributed by atoms with van der Waals surface area (Å²) >= 11 is 0. The lowest BCUT2D eigenvalue weighted by Gasteiger charge is -2.30. The van der Waals surface area contributed by atoms with Gasteiger partial charge < -0.3 is 5.73 Å². The summed E-state index contributed by atoms with van der Waals surface area (Å²) in [5.41, 5.74) is 8.06. The molecule has 1 atom stereocenters. The van der Waals surface area contributed by atoms with Crippen molar-refractivity contribution in [2.45, 2.75) is 25.3 Å². The summed E-state index contributed by atoms with van der Waals surface area (Å²) in [6, 6.07) is 16.5. The minimum atomic E-state index is -0.538. The predicted octanol–water partition coefficient (Wildman–Crippen LogP) is 3.83. The van der Waals surface area contributed by atoms with Crippen molar-refractivity contribution in [2.24, 2.45) is 5.73 Å². The Morgan fingerprint density at radius 3 is 2.06 bits per heavy atom. The summed E-state index contributed by atoms with van der Waals surface area (Å²) in [5.74, 6) is -0.231. The molecule has 0 aliphatic rings. The van der Waals surface area contributed by atoms with E-state index in [0.717, 1.165) is 24.0 Å². The fraction of sp³-hybridized carbons (Fsp3) is 0.250. The van der Waals surface area contributed by atoms with Crippen molar-refractivity contribution in [1.29, 1.82) is 0 Å². The van der Waals surface area contributed by atoms with Gasteiger partial charge in [-0.05, 0) is 29.7 Å². The van der Waals surface area contributed by atoms with E-state index in [1.54, 1.807) is 12.1 Å². The van der Waals surface area contributed by atoms with Crippen LogP contribution < -0.4 is 5.73 Å². The van der Waals surface area contributed by atoms with Gasteiger partial charge >= 0.3 is 0 Å². The van der Waals surface area contributed by atoms with E-state index in [9.17, 15) is 4.39 Å². The van der Waals surface area contributed by atoms with Gasteiger partial charge in [-0.2, -0.15) is 0 Å². The molecule has 18 heavy (non-hydrogen) atoms. The van der Waals surface area contributed by atoms with Crippen LogP contribution >= 0.6 is 0 Å². The highest BCUT2D eigenvalue weighted by atomic mass is 19.1. The zero-order chi connectivity index (χ0) is 13.0. The van der Waals surface area contributed by atoms with E-state index in [0.29, 0.717) is 0 Å². The molecule has 0 bridgehead atoms. The van der Waals surface area contributed by atoms with Crippen molar-refractivity contribution in [3.63, 3.8) is 0 Å². The van der Waals surface area contributed by atoms with E-state index in [1.807, 2.05) is 30.3 Å². The maximum absolute atomic E-state index is 13.0. The first-order chi connectivity index (χ1) is 8.66. The lowest BCUT2D eigenvalue weighted by molar-refractivity contribution is 0.483. The Hall–Kier alpha value is -1.67. The molecule has 0 fully saturated rings. The van der Waals surface area contributed by atoms with Crippen molar-refractivity contribution in [3.05, 3.63) is 71.5 Å². The smallest absolute Gasteiger partial charge is 0.123 e. The molecule has 0 saturated heterocycles. The quantitative estimate of drug-likeness (QED) is 0.867. The molecule has 0 saturated carbocycles. The highest BCUT2D eigenvalue weighted by Gasteiger charge is 2.28. The lowest BCUT2D eigenvalue weighted by Crippen LogP contribution is -2.37. The van der Waals surface area contributed by atoms with Gasteiger partial charge in [-0.25, -0.2) is 4.39 Å². The van der Waals surface area contributed by atoms with E-state index in [2.05, 4.69) is 6.92 Å². The van der Waals surface area contributed by atoms with Crippen LogP contribution in [0.4, 0.5) is 4.39 Å². The zero-order valence-corrected chi connectivity index (χ0v) is 10.6. The second-order valence-corrected chi connectivity index (χ2v) is 4.59. The molecule has 0 radical (unpaired) electrons. The van der Waals surface area contributed by atoms with Crippen molar-refractivity contribution in [2.75, 3.05) is 0 Å². The summed E-state index contributed by atoms with van der Waals surface area (Å²) < 4.78 is 13.0. The third-order valence-electron chi connectivity index (χ3n) is 3.29. The predicted molar refractivity (Wildman–Crippen MR) is 72.7 cm³/mol. The van der Waals surface area contributed by atoms with Crippen LogP contribution in [0, 0.1) is 5.82 Å². The zero-order valence-electron chi connectivity index (χ0n) is 10.6. The van der Waals surface area contributed by atoms with Crippen molar-refractivity contribution in [3.8, 4) is 0 Å². The first-order valence-corrected chi connectivity index (χ1v) is 6.27. The standard InChI is InChI=1S/C16H18FN/c1-2-12-16(18,13-6-4-3-5-7-13)14-8-10-15(17)11-9-14/h3-11H,2,12,18H2,1H3. The van der Waals surface area contributed by atoms with Crippen LogP contribution in [0.25, 0.3) is 0 Å². The molecule has 2 aromatic rings. The van der Waals surface area contributed by atoms with Crippen molar-refractivity contribution >= 4 is 0 Å². The number of hydrogen-bond donors (Lipinski definition) is 1. The van der Waals surface area contributed by atoms with Crippen molar-refractivity contribution < 1.29 is 4.39 Å². The SMILES string of the molecule is CCCC(N)(c1ccccc1)c1ccc(F)cc1.